The smallest absolute Gasteiger partial charge is 0.137 e. The molecule has 1 atom stereocenters. The first kappa shape index (κ1) is 12.8. The summed E-state index contributed by atoms with van der Waals surface area (Å²) in [5.74, 6) is 0.587. The normalized spacial score (nSPS) is 11.9. The van der Waals surface area contributed by atoms with Crippen LogP contribution in [0.4, 0.5) is 0 Å². The molecule has 0 fully saturated rings. The number of hydrogen-bond acceptors (Lipinski definition) is 3. The van der Waals surface area contributed by atoms with Gasteiger partial charge in [0, 0.05) is 6.42 Å². The second-order valence-corrected chi connectivity index (χ2v) is 3.88. The standard InChI is InChI=1S/C12H14ClNO2/c1-9(15)10-4-5-12(11(13)8-10)16-7-3-2-6-14/h4-5,8-9,15H,2-3,7H2,1H3/t9-/m0/s1. The van der Waals surface area contributed by atoms with Gasteiger partial charge in [0.15, 0.2) is 0 Å². The Hall–Kier alpha value is -1.24. The zero-order valence-corrected chi connectivity index (χ0v) is 9.87. The number of hydrogen-bond donors (Lipinski definition) is 1. The van der Waals surface area contributed by atoms with E-state index in [1.54, 1.807) is 25.1 Å². The van der Waals surface area contributed by atoms with Crippen molar-refractivity contribution in [2.45, 2.75) is 25.9 Å². The largest absolute Gasteiger partial charge is 0.492 e. The number of nitrogens with zero attached hydrogens (tertiary/aromatic N) is 1. The van der Waals surface area contributed by atoms with Crippen LogP contribution in [-0.2, 0) is 0 Å². The molecular weight excluding hydrogens is 226 g/mol. The third-order valence-corrected chi connectivity index (χ3v) is 2.42. The van der Waals surface area contributed by atoms with Crippen molar-refractivity contribution in [3.05, 3.63) is 28.8 Å². The number of benzene rings is 1. The highest BCUT2D eigenvalue weighted by atomic mass is 35.5. The predicted molar refractivity (Wildman–Crippen MR) is 62.4 cm³/mol. The van der Waals surface area contributed by atoms with Crippen LogP contribution in [0.25, 0.3) is 0 Å². The molecule has 0 aliphatic rings. The maximum absolute atomic E-state index is 9.35. The van der Waals surface area contributed by atoms with Gasteiger partial charge >= 0.3 is 0 Å². The highest BCUT2D eigenvalue weighted by Crippen LogP contribution is 2.27. The summed E-state index contributed by atoms with van der Waals surface area (Å²) < 4.78 is 5.41. The molecule has 0 unspecified atom stereocenters. The number of aliphatic hydroxyl groups is 1. The lowest BCUT2D eigenvalue weighted by atomic mass is 10.1. The summed E-state index contributed by atoms with van der Waals surface area (Å²) in [5, 5.41) is 18.2. The Morgan fingerprint density at radius 3 is 2.88 bits per heavy atom. The summed E-state index contributed by atoms with van der Waals surface area (Å²) >= 11 is 5.99. The molecule has 0 saturated carbocycles. The van der Waals surface area contributed by atoms with Crippen LogP contribution in [0.3, 0.4) is 0 Å². The van der Waals surface area contributed by atoms with Crippen molar-refractivity contribution < 1.29 is 9.84 Å². The van der Waals surface area contributed by atoms with Crippen LogP contribution in [-0.4, -0.2) is 11.7 Å². The number of aliphatic hydroxyl groups excluding tert-OH is 1. The molecule has 1 aromatic carbocycles. The monoisotopic (exact) mass is 239 g/mol. The minimum absolute atomic E-state index is 0.474. The first-order valence-corrected chi connectivity index (χ1v) is 5.50. The van der Waals surface area contributed by atoms with Crippen molar-refractivity contribution in [3.63, 3.8) is 0 Å². The zero-order valence-electron chi connectivity index (χ0n) is 9.11. The summed E-state index contributed by atoms with van der Waals surface area (Å²) in [6.07, 6.45) is 0.624. The molecule has 4 heteroatoms. The van der Waals surface area contributed by atoms with E-state index in [1.807, 2.05) is 6.07 Å². The molecule has 86 valence electrons. The van der Waals surface area contributed by atoms with Gasteiger partial charge in [0.1, 0.15) is 5.75 Å². The number of ether oxygens (including phenoxy) is 1. The second-order valence-electron chi connectivity index (χ2n) is 3.48. The SMILES string of the molecule is C[C@H](O)c1ccc(OCCCC#N)c(Cl)c1. The van der Waals surface area contributed by atoms with Crippen LogP contribution in [0.2, 0.25) is 5.02 Å². The maximum Gasteiger partial charge on any atom is 0.137 e. The molecule has 1 rings (SSSR count). The van der Waals surface area contributed by atoms with E-state index in [0.717, 1.165) is 5.56 Å². The average molecular weight is 240 g/mol. The van der Waals surface area contributed by atoms with Crippen LogP contribution >= 0.6 is 11.6 Å². The fraction of sp³-hybridized carbons (Fsp3) is 0.417. The number of halogens is 1. The summed E-state index contributed by atoms with van der Waals surface area (Å²) in [4.78, 5) is 0. The van der Waals surface area contributed by atoms with Crippen LogP contribution in [0.5, 0.6) is 5.75 Å². The molecule has 0 aliphatic heterocycles. The Morgan fingerprint density at radius 2 is 2.31 bits per heavy atom. The Balaban J connectivity index is 2.58. The molecule has 1 aromatic rings. The van der Waals surface area contributed by atoms with Crippen LogP contribution in [0.15, 0.2) is 18.2 Å². The Morgan fingerprint density at radius 1 is 1.56 bits per heavy atom. The van der Waals surface area contributed by atoms with E-state index in [2.05, 4.69) is 0 Å². The van der Waals surface area contributed by atoms with Crippen molar-refractivity contribution in [1.82, 2.24) is 0 Å². The first-order chi connectivity index (χ1) is 7.65. The molecule has 0 spiro atoms. The zero-order chi connectivity index (χ0) is 12.0. The van der Waals surface area contributed by atoms with E-state index >= 15 is 0 Å². The van der Waals surface area contributed by atoms with Gasteiger partial charge in [0.05, 0.1) is 23.8 Å². The summed E-state index contributed by atoms with van der Waals surface area (Å²) in [7, 11) is 0. The van der Waals surface area contributed by atoms with E-state index in [9.17, 15) is 5.11 Å². The molecule has 0 aliphatic carbocycles. The van der Waals surface area contributed by atoms with E-state index in [0.29, 0.717) is 30.2 Å². The number of nitriles is 1. The van der Waals surface area contributed by atoms with Gasteiger partial charge in [0.2, 0.25) is 0 Å². The molecule has 0 aromatic heterocycles. The van der Waals surface area contributed by atoms with Gasteiger partial charge in [-0.25, -0.2) is 0 Å². The van der Waals surface area contributed by atoms with Crippen molar-refractivity contribution in [2.24, 2.45) is 0 Å². The summed E-state index contributed by atoms with van der Waals surface area (Å²) in [5.41, 5.74) is 0.759. The fourth-order valence-electron chi connectivity index (χ4n) is 1.23. The Kier molecular flexibility index (Phi) is 5.10. The summed E-state index contributed by atoms with van der Waals surface area (Å²) in [6, 6.07) is 7.24. The molecule has 0 bridgehead atoms. The minimum atomic E-state index is -0.537. The van der Waals surface area contributed by atoms with Gasteiger partial charge in [0.25, 0.3) is 0 Å². The molecule has 0 amide bonds. The molecular formula is C12H14ClNO2. The van der Waals surface area contributed by atoms with E-state index < -0.39 is 6.10 Å². The van der Waals surface area contributed by atoms with E-state index in [-0.39, 0.29) is 0 Å². The highest BCUT2D eigenvalue weighted by Gasteiger charge is 2.06. The number of unbranched alkanes of at least 4 members (excludes halogenated alkanes) is 1. The van der Waals surface area contributed by atoms with Crippen molar-refractivity contribution in [2.75, 3.05) is 6.61 Å². The van der Waals surface area contributed by atoms with Gasteiger partial charge in [-0.05, 0) is 31.0 Å². The topological polar surface area (TPSA) is 53.2 Å². The summed E-state index contributed by atoms with van der Waals surface area (Å²) in [6.45, 7) is 2.15. The Labute approximate surface area is 100 Å². The van der Waals surface area contributed by atoms with Crippen molar-refractivity contribution in [3.8, 4) is 11.8 Å². The lowest BCUT2D eigenvalue weighted by molar-refractivity contribution is 0.199. The lowest BCUT2D eigenvalue weighted by Crippen LogP contribution is -1.98. The maximum atomic E-state index is 9.35. The Bertz CT molecular complexity index is 385. The second kappa shape index (κ2) is 6.37. The van der Waals surface area contributed by atoms with Crippen molar-refractivity contribution >= 4 is 11.6 Å². The van der Waals surface area contributed by atoms with Gasteiger partial charge in [-0.1, -0.05) is 17.7 Å². The van der Waals surface area contributed by atoms with Crippen LogP contribution in [0, 0.1) is 11.3 Å². The third-order valence-electron chi connectivity index (χ3n) is 2.13. The highest BCUT2D eigenvalue weighted by molar-refractivity contribution is 6.32. The van der Waals surface area contributed by atoms with Gasteiger partial charge in [-0.15, -0.1) is 0 Å². The first-order valence-electron chi connectivity index (χ1n) is 5.12. The molecule has 3 nitrogen and oxygen atoms in total. The average Bonchev–Trinajstić information content (AvgIpc) is 2.26. The lowest BCUT2D eigenvalue weighted by Gasteiger charge is -2.10. The van der Waals surface area contributed by atoms with Crippen LogP contribution in [0.1, 0.15) is 31.4 Å². The van der Waals surface area contributed by atoms with Crippen LogP contribution < -0.4 is 4.74 Å². The minimum Gasteiger partial charge on any atom is -0.492 e. The van der Waals surface area contributed by atoms with Gasteiger partial charge in [-0.3, -0.25) is 0 Å². The van der Waals surface area contributed by atoms with Crippen molar-refractivity contribution in [1.29, 1.82) is 5.26 Å². The number of rotatable bonds is 5. The third kappa shape index (κ3) is 3.73. The predicted octanol–water partition coefficient (Wildman–Crippen LogP) is 3.08. The van der Waals surface area contributed by atoms with Gasteiger partial charge in [-0.2, -0.15) is 5.26 Å². The van der Waals surface area contributed by atoms with Gasteiger partial charge < -0.3 is 9.84 Å². The quantitative estimate of drug-likeness (QED) is 0.804. The molecule has 1 N–H and O–H groups in total. The van der Waals surface area contributed by atoms with E-state index in [1.165, 1.54) is 0 Å². The van der Waals surface area contributed by atoms with E-state index in [4.69, 9.17) is 21.6 Å². The molecule has 0 saturated heterocycles. The molecule has 0 radical (unpaired) electrons. The molecule has 0 heterocycles. The fourth-order valence-corrected chi connectivity index (χ4v) is 1.47. The molecule has 16 heavy (non-hydrogen) atoms.